The Hall–Kier alpha value is -1.45. The molecule has 1 aromatic rings. The third-order valence-corrected chi connectivity index (χ3v) is 8.80. The van der Waals surface area contributed by atoms with Gasteiger partial charge in [0.1, 0.15) is 4.21 Å². The number of rotatable bonds is 4. The van der Waals surface area contributed by atoms with Crippen molar-refractivity contribution < 1.29 is 18.0 Å². The van der Waals surface area contributed by atoms with E-state index < -0.39 is 10.0 Å². The molecule has 1 aromatic heterocycles. The van der Waals surface area contributed by atoms with Crippen molar-refractivity contribution in [2.75, 3.05) is 39.3 Å². The first-order valence-electron chi connectivity index (χ1n) is 9.84. The lowest BCUT2D eigenvalue weighted by Gasteiger charge is -2.38. The summed E-state index contributed by atoms with van der Waals surface area (Å²) < 4.78 is 27.3. The number of nitrogens with zero attached hydrogens (tertiary/aromatic N) is 3. The maximum Gasteiger partial charge on any atom is 0.252 e. The van der Waals surface area contributed by atoms with Gasteiger partial charge in [0.25, 0.3) is 10.0 Å². The van der Waals surface area contributed by atoms with Crippen LogP contribution >= 0.6 is 11.3 Å². The molecule has 1 atom stereocenters. The Kier molecular flexibility index (Phi) is 6.46. The van der Waals surface area contributed by atoms with E-state index in [4.69, 9.17) is 0 Å². The number of aryl methyl sites for hydroxylation is 1. The van der Waals surface area contributed by atoms with Crippen molar-refractivity contribution in [3.8, 4) is 0 Å². The van der Waals surface area contributed by atoms with E-state index in [2.05, 4.69) is 0 Å². The predicted octanol–water partition coefficient (Wildman–Crippen LogP) is 1.78. The van der Waals surface area contributed by atoms with Crippen LogP contribution in [0.5, 0.6) is 0 Å². The first-order chi connectivity index (χ1) is 13.2. The molecule has 9 heteroatoms. The molecule has 0 N–H and O–H groups in total. The maximum absolute atomic E-state index is 12.9. The van der Waals surface area contributed by atoms with Gasteiger partial charge in [-0.2, -0.15) is 4.31 Å². The van der Waals surface area contributed by atoms with Crippen molar-refractivity contribution in [3.05, 3.63) is 17.0 Å². The predicted molar refractivity (Wildman–Crippen MR) is 109 cm³/mol. The van der Waals surface area contributed by atoms with Gasteiger partial charge in [-0.15, -0.1) is 11.3 Å². The van der Waals surface area contributed by atoms with Gasteiger partial charge in [0.05, 0.1) is 5.92 Å². The minimum atomic E-state index is -3.48. The molecule has 0 aliphatic carbocycles. The molecule has 2 amide bonds. The lowest BCUT2D eigenvalue weighted by Crippen LogP contribution is -2.54. The van der Waals surface area contributed by atoms with Crippen LogP contribution < -0.4 is 0 Å². The Morgan fingerprint density at radius 3 is 2.32 bits per heavy atom. The fourth-order valence-corrected chi connectivity index (χ4v) is 6.69. The van der Waals surface area contributed by atoms with E-state index in [9.17, 15) is 18.0 Å². The van der Waals surface area contributed by atoms with Gasteiger partial charge >= 0.3 is 0 Å². The quantitative estimate of drug-likeness (QED) is 0.734. The van der Waals surface area contributed by atoms with E-state index in [1.807, 2.05) is 26.8 Å². The zero-order chi connectivity index (χ0) is 20.5. The highest BCUT2D eigenvalue weighted by molar-refractivity contribution is 7.91. The van der Waals surface area contributed by atoms with Crippen molar-refractivity contribution in [3.63, 3.8) is 0 Å². The summed E-state index contributed by atoms with van der Waals surface area (Å²) in [4.78, 5) is 29.7. The Bertz CT molecular complexity index is 826. The number of hydrogen-bond donors (Lipinski definition) is 0. The van der Waals surface area contributed by atoms with Crippen LogP contribution in [-0.4, -0.2) is 73.6 Å². The van der Waals surface area contributed by atoms with Crippen LogP contribution in [0, 0.1) is 18.8 Å². The Balaban J connectivity index is 1.58. The molecule has 2 saturated heterocycles. The van der Waals surface area contributed by atoms with Gasteiger partial charge in [-0.05, 0) is 31.9 Å². The standard InChI is InChI=1S/C19H29N3O4S2/c1-14(2)18(23)21-8-4-5-16(13-21)19(24)20-9-11-22(12-10-20)28(25,26)17-7-6-15(3)27-17/h6-7,14,16H,4-5,8-13H2,1-3H3. The van der Waals surface area contributed by atoms with E-state index in [-0.39, 0.29) is 23.7 Å². The van der Waals surface area contributed by atoms with Crippen molar-refractivity contribution >= 4 is 33.2 Å². The monoisotopic (exact) mass is 427 g/mol. The first kappa shape index (κ1) is 21.3. The molecule has 0 radical (unpaired) electrons. The minimum absolute atomic E-state index is 0.0465. The fraction of sp³-hybridized carbons (Fsp3) is 0.684. The molecule has 2 aliphatic rings. The number of carbonyl (C=O) groups is 2. The lowest BCUT2D eigenvalue weighted by molar-refractivity contribution is -0.143. The molecule has 0 spiro atoms. The Morgan fingerprint density at radius 2 is 1.75 bits per heavy atom. The third-order valence-electron chi connectivity index (χ3n) is 5.44. The van der Waals surface area contributed by atoms with Crippen LogP contribution in [0.15, 0.2) is 16.3 Å². The van der Waals surface area contributed by atoms with E-state index in [0.29, 0.717) is 43.5 Å². The number of sulfonamides is 1. The lowest BCUT2D eigenvalue weighted by atomic mass is 9.95. The van der Waals surface area contributed by atoms with Crippen LogP contribution in [0.25, 0.3) is 0 Å². The highest BCUT2D eigenvalue weighted by Crippen LogP contribution is 2.26. The molecule has 2 fully saturated rings. The summed E-state index contributed by atoms with van der Waals surface area (Å²) in [7, 11) is -3.48. The van der Waals surface area contributed by atoms with E-state index >= 15 is 0 Å². The second-order valence-corrected chi connectivity index (χ2v) is 11.3. The summed E-state index contributed by atoms with van der Waals surface area (Å²) in [6.07, 6.45) is 1.62. The summed E-state index contributed by atoms with van der Waals surface area (Å²) >= 11 is 1.28. The topological polar surface area (TPSA) is 78.0 Å². The van der Waals surface area contributed by atoms with Gasteiger partial charge in [0, 0.05) is 50.1 Å². The normalized spacial score (nSPS) is 21.9. The second kappa shape index (κ2) is 8.51. The molecule has 3 rings (SSSR count). The van der Waals surface area contributed by atoms with E-state index in [1.165, 1.54) is 15.6 Å². The summed E-state index contributed by atoms with van der Waals surface area (Å²) in [5, 5.41) is 0. The Labute approximate surface area is 171 Å². The minimum Gasteiger partial charge on any atom is -0.342 e. The average molecular weight is 428 g/mol. The van der Waals surface area contributed by atoms with Gasteiger partial charge in [0.15, 0.2) is 0 Å². The Morgan fingerprint density at radius 1 is 1.07 bits per heavy atom. The van der Waals surface area contributed by atoms with Crippen LogP contribution in [0.1, 0.15) is 31.6 Å². The van der Waals surface area contributed by atoms with Crippen LogP contribution in [-0.2, 0) is 19.6 Å². The summed E-state index contributed by atoms with van der Waals surface area (Å²) in [6.45, 7) is 8.26. The van der Waals surface area contributed by atoms with E-state index in [1.54, 1.807) is 15.9 Å². The fourth-order valence-electron chi connectivity index (χ4n) is 3.83. The number of carbonyl (C=O) groups excluding carboxylic acids is 2. The molecule has 0 bridgehead atoms. The summed E-state index contributed by atoms with van der Waals surface area (Å²) in [5.41, 5.74) is 0. The number of piperazine rings is 1. The SMILES string of the molecule is Cc1ccc(S(=O)(=O)N2CCN(C(=O)C3CCCN(C(=O)C(C)C)C3)CC2)s1. The van der Waals surface area contributed by atoms with Crippen molar-refractivity contribution in [2.45, 2.75) is 37.8 Å². The molecule has 28 heavy (non-hydrogen) atoms. The van der Waals surface area contributed by atoms with E-state index in [0.717, 1.165) is 17.7 Å². The van der Waals surface area contributed by atoms with Gasteiger partial charge in [-0.3, -0.25) is 9.59 Å². The largest absolute Gasteiger partial charge is 0.342 e. The zero-order valence-electron chi connectivity index (χ0n) is 16.8. The van der Waals surface area contributed by atoms with Crippen molar-refractivity contribution in [2.24, 2.45) is 11.8 Å². The highest BCUT2D eigenvalue weighted by Gasteiger charge is 2.35. The molecule has 156 valence electrons. The van der Waals surface area contributed by atoms with Crippen LogP contribution in [0.2, 0.25) is 0 Å². The zero-order valence-corrected chi connectivity index (χ0v) is 18.4. The number of amides is 2. The smallest absolute Gasteiger partial charge is 0.252 e. The van der Waals surface area contributed by atoms with Gasteiger partial charge < -0.3 is 9.80 Å². The molecule has 3 heterocycles. The highest BCUT2D eigenvalue weighted by atomic mass is 32.2. The molecular weight excluding hydrogens is 398 g/mol. The van der Waals surface area contributed by atoms with Crippen LogP contribution in [0.4, 0.5) is 0 Å². The molecular formula is C19H29N3O4S2. The average Bonchev–Trinajstić information content (AvgIpc) is 3.14. The number of likely N-dealkylation sites (tertiary alicyclic amines) is 1. The number of hydrogen-bond acceptors (Lipinski definition) is 5. The molecule has 7 nitrogen and oxygen atoms in total. The maximum atomic E-state index is 12.9. The first-order valence-corrected chi connectivity index (χ1v) is 12.1. The number of thiophene rings is 1. The van der Waals surface area contributed by atoms with Gasteiger partial charge in [-0.1, -0.05) is 13.8 Å². The molecule has 2 aliphatic heterocycles. The summed E-state index contributed by atoms with van der Waals surface area (Å²) in [5.74, 6) is -0.104. The van der Waals surface area contributed by atoms with Gasteiger partial charge in [0.2, 0.25) is 11.8 Å². The van der Waals surface area contributed by atoms with Gasteiger partial charge in [-0.25, -0.2) is 8.42 Å². The number of piperidine rings is 1. The van der Waals surface area contributed by atoms with Crippen LogP contribution in [0.3, 0.4) is 0 Å². The van der Waals surface area contributed by atoms with Crippen molar-refractivity contribution in [1.82, 2.24) is 14.1 Å². The third kappa shape index (κ3) is 4.41. The molecule has 0 aromatic carbocycles. The second-order valence-electron chi connectivity index (χ2n) is 7.87. The molecule has 1 unspecified atom stereocenters. The van der Waals surface area contributed by atoms with Crippen molar-refractivity contribution in [1.29, 1.82) is 0 Å². The molecule has 0 saturated carbocycles. The summed E-state index contributed by atoms with van der Waals surface area (Å²) in [6, 6.07) is 3.46.